The summed E-state index contributed by atoms with van der Waals surface area (Å²) < 4.78 is 0. The standard InChI is InChI=1S/C18H16N2O2S/c1-19(13-7-3-2-4-8-13)17(22)18-12-11-16(21)20(18)14-9-5-6-10-15(14)23-18/h2-10H,11-12H2,1H3. The molecule has 2 aromatic rings. The van der Waals surface area contributed by atoms with Gasteiger partial charge in [-0.15, -0.1) is 0 Å². The fourth-order valence-corrected chi connectivity index (χ4v) is 4.81. The number of hydrogen-bond acceptors (Lipinski definition) is 3. The third-order valence-electron chi connectivity index (χ3n) is 4.46. The molecule has 0 aromatic heterocycles. The Morgan fingerprint density at radius 2 is 1.83 bits per heavy atom. The number of amides is 2. The zero-order valence-electron chi connectivity index (χ0n) is 12.7. The summed E-state index contributed by atoms with van der Waals surface area (Å²) in [7, 11) is 1.77. The van der Waals surface area contributed by atoms with Gasteiger partial charge in [-0.05, 0) is 30.7 Å². The van der Waals surface area contributed by atoms with Gasteiger partial charge in [0.1, 0.15) is 0 Å². The van der Waals surface area contributed by atoms with Gasteiger partial charge in [0.2, 0.25) is 5.91 Å². The van der Waals surface area contributed by atoms with Crippen LogP contribution in [0.1, 0.15) is 12.8 Å². The Morgan fingerprint density at radius 1 is 1.13 bits per heavy atom. The summed E-state index contributed by atoms with van der Waals surface area (Å²) >= 11 is 1.50. The van der Waals surface area contributed by atoms with Gasteiger partial charge in [-0.1, -0.05) is 42.1 Å². The van der Waals surface area contributed by atoms with Crippen molar-refractivity contribution in [3.8, 4) is 0 Å². The van der Waals surface area contributed by atoms with Gasteiger partial charge in [-0.25, -0.2) is 0 Å². The van der Waals surface area contributed by atoms with Crippen molar-refractivity contribution in [1.82, 2.24) is 0 Å². The Balaban J connectivity index is 1.76. The molecule has 5 heteroatoms. The Hall–Kier alpha value is -2.27. The maximum atomic E-state index is 13.3. The van der Waals surface area contributed by atoms with Crippen molar-refractivity contribution in [1.29, 1.82) is 0 Å². The van der Waals surface area contributed by atoms with Gasteiger partial charge in [-0.3, -0.25) is 14.5 Å². The molecule has 0 spiro atoms. The minimum atomic E-state index is -0.842. The number of likely N-dealkylation sites (N-methyl/N-ethyl adjacent to an activating group) is 1. The molecule has 2 amide bonds. The largest absolute Gasteiger partial charge is 0.313 e. The van der Waals surface area contributed by atoms with Crippen molar-refractivity contribution in [2.75, 3.05) is 16.8 Å². The first-order valence-corrected chi connectivity index (χ1v) is 8.39. The lowest BCUT2D eigenvalue weighted by Crippen LogP contribution is -2.53. The van der Waals surface area contributed by atoms with Gasteiger partial charge in [0.25, 0.3) is 5.91 Å². The van der Waals surface area contributed by atoms with Gasteiger partial charge in [0.15, 0.2) is 4.87 Å². The molecule has 0 N–H and O–H groups in total. The highest BCUT2D eigenvalue weighted by Gasteiger charge is 2.58. The molecule has 2 aliphatic heterocycles. The van der Waals surface area contributed by atoms with Crippen LogP contribution < -0.4 is 9.80 Å². The molecule has 1 unspecified atom stereocenters. The maximum Gasteiger partial charge on any atom is 0.263 e. The molecule has 0 aliphatic carbocycles. The highest BCUT2D eigenvalue weighted by atomic mass is 32.2. The normalized spacial score (nSPS) is 22.0. The third kappa shape index (κ3) is 2.00. The predicted molar refractivity (Wildman–Crippen MR) is 91.6 cm³/mol. The number of rotatable bonds is 2. The lowest BCUT2D eigenvalue weighted by atomic mass is 10.1. The van der Waals surface area contributed by atoms with Crippen LogP contribution in [0.3, 0.4) is 0 Å². The van der Waals surface area contributed by atoms with Crippen molar-refractivity contribution in [3.63, 3.8) is 0 Å². The Bertz CT molecular complexity index is 793. The van der Waals surface area contributed by atoms with Crippen LogP contribution >= 0.6 is 11.8 Å². The molecule has 2 aromatic carbocycles. The maximum absolute atomic E-state index is 13.3. The van der Waals surface area contributed by atoms with Gasteiger partial charge >= 0.3 is 0 Å². The molecule has 2 heterocycles. The summed E-state index contributed by atoms with van der Waals surface area (Å²) in [5.74, 6) is -0.0204. The summed E-state index contributed by atoms with van der Waals surface area (Å²) in [6, 6.07) is 17.3. The fourth-order valence-electron chi connectivity index (χ4n) is 3.31. The molecular weight excluding hydrogens is 308 g/mol. The third-order valence-corrected chi connectivity index (χ3v) is 5.92. The van der Waals surface area contributed by atoms with E-state index in [0.717, 1.165) is 16.3 Å². The van der Waals surface area contributed by atoms with Gasteiger partial charge in [0.05, 0.1) is 5.69 Å². The SMILES string of the molecule is CN(C(=O)C12CCC(=O)N1c1ccccc1S2)c1ccccc1. The van der Waals surface area contributed by atoms with Crippen molar-refractivity contribution < 1.29 is 9.59 Å². The molecule has 1 fully saturated rings. The first kappa shape index (κ1) is 14.3. The summed E-state index contributed by atoms with van der Waals surface area (Å²) in [6.45, 7) is 0. The van der Waals surface area contributed by atoms with Crippen LogP contribution in [0.5, 0.6) is 0 Å². The van der Waals surface area contributed by atoms with E-state index < -0.39 is 4.87 Å². The molecule has 1 atom stereocenters. The smallest absolute Gasteiger partial charge is 0.263 e. The van der Waals surface area contributed by atoms with E-state index in [2.05, 4.69) is 0 Å². The van der Waals surface area contributed by atoms with E-state index in [4.69, 9.17) is 0 Å². The van der Waals surface area contributed by atoms with E-state index >= 15 is 0 Å². The quantitative estimate of drug-likeness (QED) is 0.851. The van der Waals surface area contributed by atoms with E-state index in [-0.39, 0.29) is 11.8 Å². The number of nitrogens with zero attached hydrogens (tertiary/aromatic N) is 2. The summed E-state index contributed by atoms with van der Waals surface area (Å²) in [5.41, 5.74) is 1.69. The first-order chi connectivity index (χ1) is 11.1. The zero-order valence-corrected chi connectivity index (χ0v) is 13.5. The number of carbonyl (C=O) groups excluding carboxylic acids is 2. The van der Waals surface area contributed by atoms with Crippen LogP contribution in [-0.2, 0) is 9.59 Å². The highest BCUT2D eigenvalue weighted by Crippen LogP contribution is 2.56. The predicted octanol–water partition coefficient (Wildman–Crippen LogP) is 3.28. The number of thioether (sulfide) groups is 1. The second kappa shape index (κ2) is 5.13. The molecule has 4 nitrogen and oxygen atoms in total. The number of fused-ring (bicyclic) bond motifs is 3. The lowest BCUT2D eigenvalue weighted by molar-refractivity contribution is -0.122. The average molecular weight is 324 g/mol. The molecule has 2 aliphatic rings. The molecule has 0 saturated carbocycles. The summed E-state index contributed by atoms with van der Waals surface area (Å²) in [6.07, 6.45) is 0.955. The van der Waals surface area contributed by atoms with Crippen molar-refractivity contribution in [3.05, 3.63) is 54.6 Å². The number of anilines is 2. The number of benzene rings is 2. The monoisotopic (exact) mass is 324 g/mol. The summed E-state index contributed by atoms with van der Waals surface area (Å²) in [5, 5.41) is 0. The minimum Gasteiger partial charge on any atom is -0.313 e. The Labute approximate surface area is 139 Å². The number of hydrogen-bond donors (Lipinski definition) is 0. The summed E-state index contributed by atoms with van der Waals surface area (Å²) in [4.78, 5) is 29.2. The molecule has 0 bridgehead atoms. The fraction of sp³-hybridized carbons (Fsp3) is 0.222. The molecular formula is C18H16N2O2S. The minimum absolute atomic E-state index is 0.0252. The second-order valence-corrected chi connectivity index (χ2v) is 7.10. The van der Waals surface area contributed by atoms with E-state index in [1.807, 2.05) is 54.6 Å². The number of carbonyl (C=O) groups is 2. The van der Waals surface area contributed by atoms with Crippen LogP contribution in [0.15, 0.2) is 59.5 Å². The van der Waals surface area contributed by atoms with Gasteiger partial charge in [0, 0.05) is 24.1 Å². The van der Waals surface area contributed by atoms with Gasteiger partial charge in [-0.2, -0.15) is 0 Å². The van der Waals surface area contributed by atoms with Crippen LogP contribution in [0.4, 0.5) is 11.4 Å². The first-order valence-electron chi connectivity index (χ1n) is 7.58. The molecule has 4 rings (SSSR count). The molecule has 116 valence electrons. The van der Waals surface area contributed by atoms with Gasteiger partial charge < -0.3 is 4.90 Å². The zero-order chi connectivity index (χ0) is 16.0. The average Bonchev–Trinajstić information content (AvgIpc) is 3.10. The molecule has 23 heavy (non-hydrogen) atoms. The Morgan fingerprint density at radius 3 is 2.61 bits per heavy atom. The van der Waals surface area contributed by atoms with Crippen LogP contribution in [0.2, 0.25) is 0 Å². The Kier molecular flexibility index (Phi) is 3.20. The van der Waals surface area contributed by atoms with E-state index in [1.165, 1.54) is 11.8 Å². The number of para-hydroxylation sites is 2. The van der Waals surface area contributed by atoms with Crippen LogP contribution in [0.25, 0.3) is 0 Å². The molecule has 1 saturated heterocycles. The topological polar surface area (TPSA) is 40.6 Å². The molecule has 0 radical (unpaired) electrons. The van der Waals surface area contributed by atoms with E-state index in [0.29, 0.717) is 12.8 Å². The van der Waals surface area contributed by atoms with E-state index in [9.17, 15) is 9.59 Å². The van der Waals surface area contributed by atoms with Crippen molar-refractivity contribution >= 4 is 35.0 Å². The van der Waals surface area contributed by atoms with Crippen molar-refractivity contribution in [2.24, 2.45) is 0 Å². The second-order valence-electron chi connectivity index (χ2n) is 5.78. The van der Waals surface area contributed by atoms with Crippen LogP contribution in [0, 0.1) is 0 Å². The van der Waals surface area contributed by atoms with E-state index in [1.54, 1.807) is 16.8 Å². The van der Waals surface area contributed by atoms with Crippen LogP contribution in [-0.4, -0.2) is 23.7 Å². The van der Waals surface area contributed by atoms with Crippen molar-refractivity contribution in [2.45, 2.75) is 22.6 Å². The highest BCUT2D eigenvalue weighted by molar-refractivity contribution is 8.02. The lowest BCUT2D eigenvalue weighted by Gasteiger charge is -2.33.